The zero-order valence-corrected chi connectivity index (χ0v) is 12.5. The normalized spacial score (nSPS) is 22.3. The molecule has 1 saturated carbocycles. The molecule has 1 aliphatic rings. The number of hydrogen-bond donors (Lipinski definition) is 2. The van der Waals surface area contributed by atoms with Gasteiger partial charge in [0.25, 0.3) is 0 Å². The molecular formula is C16H19N5O. The highest BCUT2D eigenvalue weighted by Crippen LogP contribution is 2.24. The van der Waals surface area contributed by atoms with Crippen LogP contribution in [0.3, 0.4) is 0 Å². The first-order valence-corrected chi connectivity index (χ1v) is 7.79. The van der Waals surface area contributed by atoms with Crippen LogP contribution in [0, 0.1) is 6.92 Å². The lowest BCUT2D eigenvalue weighted by Gasteiger charge is -2.28. The van der Waals surface area contributed by atoms with E-state index in [9.17, 15) is 5.11 Å². The zero-order valence-electron chi connectivity index (χ0n) is 12.5. The molecule has 2 aromatic heterocycles. The van der Waals surface area contributed by atoms with E-state index in [0.717, 1.165) is 42.2 Å². The van der Waals surface area contributed by atoms with Crippen LogP contribution in [0.1, 0.15) is 31.5 Å². The Morgan fingerprint density at radius 3 is 2.86 bits per heavy atom. The summed E-state index contributed by atoms with van der Waals surface area (Å²) in [7, 11) is 0. The maximum atomic E-state index is 10.2. The number of hydrogen-bond acceptors (Lipinski definition) is 5. The highest BCUT2D eigenvalue weighted by Gasteiger charge is 2.24. The van der Waals surface area contributed by atoms with E-state index in [1.807, 2.05) is 31.2 Å². The van der Waals surface area contributed by atoms with Gasteiger partial charge >= 0.3 is 0 Å². The van der Waals surface area contributed by atoms with Gasteiger partial charge in [0.1, 0.15) is 5.82 Å². The number of aliphatic hydroxyl groups is 1. The fourth-order valence-corrected chi connectivity index (χ4v) is 3.20. The SMILES string of the molecule is Cc1nc2c3ccccc3nc(N[C@H]3CCCC[C@H]3O)n2n1. The summed E-state index contributed by atoms with van der Waals surface area (Å²) in [6, 6.07) is 7.95. The number of aliphatic hydroxyl groups excluding tert-OH is 1. The van der Waals surface area contributed by atoms with Crippen LogP contribution < -0.4 is 5.32 Å². The van der Waals surface area contributed by atoms with E-state index in [0.29, 0.717) is 11.8 Å². The Kier molecular flexibility index (Phi) is 3.18. The molecule has 0 bridgehead atoms. The number of para-hydroxylation sites is 1. The molecule has 22 heavy (non-hydrogen) atoms. The predicted molar refractivity (Wildman–Crippen MR) is 84.9 cm³/mol. The third-order valence-corrected chi connectivity index (χ3v) is 4.33. The second kappa shape index (κ2) is 5.21. The maximum Gasteiger partial charge on any atom is 0.226 e. The minimum Gasteiger partial charge on any atom is -0.391 e. The van der Waals surface area contributed by atoms with Crippen LogP contribution in [0.15, 0.2) is 24.3 Å². The fourth-order valence-electron chi connectivity index (χ4n) is 3.20. The van der Waals surface area contributed by atoms with Crippen LogP contribution in [0.2, 0.25) is 0 Å². The minimum absolute atomic E-state index is 0.0233. The first-order valence-electron chi connectivity index (χ1n) is 7.79. The topological polar surface area (TPSA) is 75.3 Å². The molecule has 4 rings (SSSR count). The van der Waals surface area contributed by atoms with Crippen molar-refractivity contribution in [3.8, 4) is 0 Å². The van der Waals surface area contributed by atoms with Crippen molar-refractivity contribution in [3.05, 3.63) is 30.1 Å². The Labute approximate surface area is 128 Å². The van der Waals surface area contributed by atoms with Crippen molar-refractivity contribution in [1.29, 1.82) is 0 Å². The Balaban J connectivity index is 1.84. The molecule has 0 unspecified atom stereocenters. The molecule has 6 nitrogen and oxygen atoms in total. The summed E-state index contributed by atoms with van der Waals surface area (Å²) in [6.45, 7) is 1.88. The molecule has 0 amide bonds. The second-order valence-electron chi connectivity index (χ2n) is 5.95. The Morgan fingerprint density at radius 1 is 1.18 bits per heavy atom. The van der Waals surface area contributed by atoms with Crippen molar-refractivity contribution in [3.63, 3.8) is 0 Å². The molecule has 1 fully saturated rings. The monoisotopic (exact) mass is 297 g/mol. The maximum absolute atomic E-state index is 10.2. The molecule has 1 aliphatic carbocycles. The van der Waals surface area contributed by atoms with Crippen LogP contribution in [-0.2, 0) is 0 Å². The van der Waals surface area contributed by atoms with Gasteiger partial charge in [0.05, 0.1) is 17.7 Å². The first kappa shape index (κ1) is 13.5. The molecule has 1 aromatic carbocycles. The standard InChI is InChI=1S/C16H19N5O/c1-10-17-15-11-6-2-3-7-12(11)18-16(21(15)20-10)19-13-8-4-5-9-14(13)22/h2-3,6-7,13-14,22H,4-5,8-9H2,1H3,(H,18,19)/t13-,14+/m0/s1. The quantitative estimate of drug-likeness (QED) is 0.759. The summed E-state index contributed by atoms with van der Waals surface area (Å²) < 4.78 is 1.75. The molecule has 0 aliphatic heterocycles. The lowest BCUT2D eigenvalue weighted by atomic mass is 9.93. The predicted octanol–water partition coefficient (Wildman–Crippen LogP) is 2.30. The Morgan fingerprint density at radius 2 is 2.00 bits per heavy atom. The molecule has 114 valence electrons. The third kappa shape index (κ3) is 2.20. The van der Waals surface area contributed by atoms with Crippen LogP contribution >= 0.6 is 0 Å². The van der Waals surface area contributed by atoms with E-state index < -0.39 is 0 Å². The smallest absolute Gasteiger partial charge is 0.226 e. The number of aromatic nitrogens is 4. The summed E-state index contributed by atoms with van der Waals surface area (Å²) >= 11 is 0. The lowest BCUT2D eigenvalue weighted by Crippen LogP contribution is -2.37. The van der Waals surface area contributed by atoms with Crippen molar-refractivity contribution in [1.82, 2.24) is 19.6 Å². The van der Waals surface area contributed by atoms with Gasteiger partial charge in [-0.25, -0.2) is 9.97 Å². The summed E-state index contributed by atoms with van der Waals surface area (Å²) in [6.07, 6.45) is 3.67. The molecule has 2 N–H and O–H groups in total. The van der Waals surface area contributed by atoms with Gasteiger partial charge in [-0.3, -0.25) is 0 Å². The first-order chi connectivity index (χ1) is 10.7. The van der Waals surface area contributed by atoms with Crippen LogP contribution in [-0.4, -0.2) is 36.8 Å². The number of fused-ring (bicyclic) bond motifs is 3. The number of aryl methyl sites for hydroxylation is 1. The highest BCUT2D eigenvalue weighted by molar-refractivity contribution is 5.92. The van der Waals surface area contributed by atoms with Gasteiger partial charge in [-0.1, -0.05) is 25.0 Å². The molecule has 6 heteroatoms. The third-order valence-electron chi connectivity index (χ3n) is 4.33. The van der Waals surface area contributed by atoms with E-state index in [2.05, 4.69) is 20.4 Å². The molecule has 0 spiro atoms. The average molecular weight is 297 g/mol. The van der Waals surface area contributed by atoms with Crippen molar-refractivity contribution < 1.29 is 5.11 Å². The van der Waals surface area contributed by atoms with Gasteiger partial charge in [-0.15, -0.1) is 5.10 Å². The van der Waals surface area contributed by atoms with E-state index >= 15 is 0 Å². The summed E-state index contributed by atoms with van der Waals surface area (Å²) in [5.41, 5.74) is 1.69. The van der Waals surface area contributed by atoms with Crippen LogP contribution in [0.25, 0.3) is 16.6 Å². The summed E-state index contributed by atoms with van der Waals surface area (Å²) in [5.74, 6) is 1.37. The van der Waals surface area contributed by atoms with Crippen LogP contribution in [0.5, 0.6) is 0 Å². The molecule has 0 saturated heterocycles. The minimum atomic E-state index is -0.332. The van der Waals surface area contributed by atoms with E-state index in [-0.39, 0.29) is 12.1 Å². The highest BCUT2D eigenvalue weighted by atomic mass is 16.3. The lowest BCUT2D eigenvalue weighted by molar-refractivity contribution is 0.116. The molecule has 0 radical (unpaired) electrons. The summed E-state index contributed by atoms with van der Waals surface area (Å²) in [4.78, 5) is 9.21. The van der Waals surface area contributed by atoms with Crippen LogP contribution in [0.4, 0.5) is 5.95 Å². The second-order valence-corrected chi connectivity index (χ2v) is 5.95. The summed E-state index contributed by atoms with van der Waals surface area (Å²) in [5, 5.41) is 19.0. The molecule has 2 atom stereocenters. The van der Waals surface area contributed by atoms with Gasteiger partial charge in [-0.2, -0.15) is 4.52 Å². The molecule has 2 heterocycles. The van der Waals surface area contributed by atoms with Gasteiger partial charge < -0.3 is 10.4 Å². The molecule has 3 aromatic rings. The van der Waals surface area contributed by atoms with Crippen molar-refractivity contribution >= 4 is 22.5 Å². The van der Waals surface area contributed by atoms with Gasteiger partial charge in [0.15, 0.2) is 5.65 Å². The van der Waals surface area contributed by atoms with E-state index in [1.165, 1.54) is 0 Å². The number of rotatable bonds is 2. The molecular weight excluding hydrogens is 278 g/mol. The Hall–Kier alpha value is -2.21. The van der Waals surface area contributed by atoms with E-state index in [4.69, 9.17) is 0 Å². The number of nitrogens with one attached hydrogen (secondary N) is 1. The largest absolute Gasteiger partial charge is 0.391 e. The number of nitrogens with zero attached hydrogens (tertiary/aromatic N) is 4. The zero-order chi connectivity index (χ0) is 15.1. The van der Waals surface area contributed by atoms with Gasteiger partial charge in [0, 0.05) is 5.39 Å². The number of benzene rings is 1. The van der Waals surface area contributed by atoms with Crippen molar-refractivity contribution in [2.45, 2.75) is 44.8 Å². The van der Waals surface area contributed by atoms with E-state index in [1.54, 1.807) is 4.52 Å². The Bertz CT molecular complexity index is 828. The number of anilines is 1. The van der Waals surface area contributed by atoms with Crippen molar-refractivity contribution in [2.75, 3.05) is 5.32 Å². The van der Waals surface area contributed by atoms with Crippen molar-refractivity contribution in [2.24, 2.45) is 0 Å². The van der Waals surface area contributed by atoms with Gasteiger partial charge in [-0.05, 0) is 31.9 Å². The van der Waals surface area contributed by atoms with Gasteiger partial charge in [0.2, 0.25) is 5.95 Å². The fraction of sp³-hybridized carbons (Fsp3) is 0.438. The average Bonchev–Trinajstić information content (AvgIpc) is 2.92.